The smallest absolute Gasteiger partial charge is 0.387 e. The van der Waals surface area contributed by atoms with E-state index in [1.54, 1.807) is 18.2 Å². The molecule has 3 nitrogen and oxygen atoms in total. The third-order valence-electron chi connectivity index (χ3n) is 4.87. The molecule has 1 aliphatic rings. The minimum atomic E-state index is -2.83. The fourth-order valence-corrected chi connectivity index (χ4v) is 3.48. The van der Waals surface area contributed by atoms with Gasteiger partial charge in [-0.05, 0) is 54.7 Å². The van der Waals surface area contributed by atoms with Crippen LogP contribution in [0.15, 0.2) is 48.5 Å². The van der Waals surface area contributed by atoms with Crippen LogP contribution in [0.3, 0.4) is 0 Å². The van der Waals surface area contributed by atoms with Gasteiger partial charge in [-0.25, -0.2) is 0 Å². The first kappa shape index (κ1) is 18.6. The first-order valence-corrected chi connectivity index (χ1v) is 8.95. The second-order valence-electron chi connectivity index (χ2n) is 6.47. The standard InChI is InChI=1S/C20H20ClF2NO2/c21-16-4-1-3-15(13-16)20(10-2-11-20)18(25)24-12-9-14-5-7-17(8-6-14)26-19(22)23/h1,3-8,13,19H,2,9-12H2,(H,24,25). The average Bonchev–Trinajstić information content (AvgIpc) is 2.55. The minimum absolute atomic E-state index is 0.0173. The molecule has 1 fully saturated rings. The highest BCUT2D eigenvalue weighted by molar-refractivity contribution is 6.30. The quantitative estimate of drug-likeness (QED) is 0.755. The van der Waals surface area contributed by atoms with Gasteiger partial charge in [0, 0.05) is 11.6 Å². The SMILES string of the molecule is O=C(NCCc1ccc(OC(F)F)cc1)C1(c2cccc(Cl)c2)CCC1. The van der Waals surface area contributed by atoms with Crippen LogP contribution in [0.25, 0.3) is 0 Å². The molecule has 0 unspecified atom stereocenters. The van der Waals surface area contributed by atoms with Gasteiger partial charge in [0.05, 0.1) is 5.41 Å². The Balaban J connectivity index is 1.56. The molecule has 0 aromatic heterocycles. The fraction of sp³-hybridized carbons (Fsp3) is 0.350. The van der Waals surface area contributed by atoms with Gasteiger partial charge in [0.2, 0.25) is 5.91 Å². The summed E-state index contributed by atoms with van der Waals surface area (Å²) in [6.45, 7) is -2.35. The second-order valence-corrected chi connectivity index (χ2v) is 6.91. The molecule has 1 N–H and O–H groups in total. The maximum absolute atomic E-state index is 12.8. The van der Waals surface area contributed by atoms with Gasteiger partial charge in [-0.15, -0.1) is 0 Å². The van der Waals surface area contributed by atoms with E-state index in [-0.39, 0.29) is 11.7 Å². The van der Waals surface area contributed by atoms with Crippen molar-refractivity contribution in [1.29, 1.82) is 0 Å². The fourth-order valence-electron chi connectivity index (χ4n) is 3.29. The molecule has 0 heterocycles. The van der Waals surface area contributed by atoms with Gasteiger partial charge in [0.1, 0.15) is 5.75 Å². The molecule has 3 rings (SSSR count). The Morgan fingerprint density at radius 3 is 2.50 bits per heavy atom. The van der Waals surface area contributed by atoms with Crippen molar-refractivity contribution in [2.45, 2.75) is 37.7 Å². The van der Waals surface area contributed by atoms with Crippen molar-refractivity contribution in [3.63, 3.8) is 0 Å². The number of amides is 1. The Labute approximate surface area is 156 Å². The van der Waals surface area contributed by atoms with Crippen LogP contribution < -0.4 is 10.1 Å². The second kappa shape index (κ2) is 8.04. The van der Waals surface area contributed by atoms with Gasteiger partial charge in [0.15, 0.2) is 0 Å². The molecular weight excluding hydrogens is 360 g/mol. The lowest BCUT2D eigenvalue weighted by Crippen LogP contribution is -2.49. The van der Waals surface area contributed by atoms with Crippen LogP contribution in [0.1, 0.15) is 30.4 Å². The maximum Gasteiger partial charge on any atom is 0.387 e. The highest BCUT2D eigenvalue weighted by Crippen LogP contribution is 2.44. The van der Waals surface area contributed by atoms with Crippen LogP contribution in [-0.4, -0.2) is 19.1 Å². The van der Waals surface area contributed by atoms with E-state index in [9.17, 15) is 13.6 Å². The molecule has 0 spiro atoms. The van der Waals surface area contributed by atoms with Crippen molar-refractivity contribution >= 4 is 17.5 Å². The van der Waals surface area contributed by atoms with Gasteiger partial charge < -0.3 is 10.1 Å². The number of rotatable bonds is 7. The summed E-state index contributed by atoms with van der Waals surface area (Å²) >= 11 is 6.08. The van der Waals surface area contributed by atoms with Gasteiger partial charge >= 0.3 is 6.61 Å². The topological polar surface area (TPSA) is 38.3 Å². The number of hydrogen-bond donors (Lipinski definition) is 1. The molecule has 2 aromatic carbocycles. The lowest BCUT2D eigenvalue weighted by atomic mass is 9.64. The third kappa shape index (κ3) is 4.15. The molecule has 0 bridgehead atoms. The molecule has 2 aromatic rings. The highest BCUT2D eigenvalue weighted by Gasteiger charge is 2.45. The Hall–Kier alpha value is -2.14. The number of carbonyl (C=O) groups is 1. The Morgan fingerprint density at radius 1 is 1.19 bits per heavy atom. The van der Waals surface area contributed by atoms with Crippen LogP contribution in [0.2, 0.25) is 5.02 Å². The first-order valence-electron chi connectivity index (χ1n) is 8.58. The molecule has 1 saturated carbocycles. The monoisotopic (exact) mass is 379 g/mol. The first-order chi connectivity index (χ1) is 12.5. The van der Waals surface area contributed by atoms with Crippen molar-refractivity contribution in [3.8, 4) is 5.75 Å². The van der Waals surface area contributed by atoms with Crippen LogP contribution in [0.5, 0.6) is 5.75 Å². The van der Waals surface area contributed by atoms with Gasteiger partial charge in [0.25, 0.3) is 0 Å². The minimum Gasteiger partial charge on any atom is -0.435 e. The van der Waals surface area contributed by atoms with E-state index in [0.29, 0.717) is 18.0 Å². The molecule has 0 aliphatic heterocycles. The van der Waals surface area contributed by atoms with Crippen molar-refractivity contribution < 1.29 is 18.3 Å². The van der Waals surface area contributed by atoms with Gasteiger partial charge in [-0.1, -0.05) is 42.3 Å². The third-order valence-corrected chi connectivity index (χ3v) is 5.10. The largest absolute Gasteiger partial charge is 0.435 e. The Kier molecular flexibility index (Phi) is 5.77. The summed E-state index contributed by atoms with van der Waals surface area (Å²) < 4.78 is 28.6. The number of hydrogen-bond acceptors (Lipinski definition) is 2. The molecule has 138 valence electrons. The Morgan fingerprint density at radius 2 is 1.92 bits per heavy atom. The highest BCUT2D eigenvalue weighted by atomic mass is 35.5. The number of alkyl halides is 2. The molecule has 1 amide bonds. The van der Waals surface area contributed by atoms with Crippen LogP contribution >= 0.6 is 11.6 Å². The summed E-state index contributed by atoms with van der Waals surface area (Å²) in [6.07, 6.45) is 3.27. The zero-order chi connectivity index (χ0) is 18.6. The number of carbonyl (C=O) groups excluding carboxylic acids is 1. The van der Waals surface area contributed by atoms with Crippen molar-refractivity contribution in [1.82, 2.24) is 5.32 Å². The number of nitrogens with one attached hydrogen (secondary N) is 1. The van der Waals surface area contributed by atoms with Crippen molar-refractivity contribution in [2.24, 2.45) is 0 Å². The molecule has 0 saturated heterocycles. The summed E-state index contributed by atoms with van der Waals surface area (Å²) in [5.74, 6) is 0.144. The summed E-state index contributed by atoms with van der Waals surface area (Å²) in [6, 6.07) is 13.9. The van der Waals surface area contributed by atoms with Crippen LogP contribution in [0, 0.1) is 0 Å². The van der Waals surface area contributed by atoms with E-state index in [2.05, 4.69) is 10.1 Å². The number of halogens is 3. The van der Waals surface area contributed by atoms with E-state index in [1.807, 2.05) is 18.2 Å². The molecular formula is C20H20ClF2NO2. The van der Waals surface area contributed by atoms with Crippen LogP contribution in [-0.2, 0) is 16.6 Å². The van der Waals surface area contributed by atoms with Crippen molar-refractivity contribution in [2.75, 3.05) is 6.54 Å². The predicted octanol–water partition coefficient (Wildman–Crippen LogP) is 4.72. The molecule has 1 aliphatic carbocycles. The normalized spacial score (nSPS) is 15.4. The Bertz CT molecular complexity index is 761. The van der Waals surface area contributed by atoms with E-state index < -0.39 is 12.0 Å². The van der Waals surface area contributed by atoms with Gasteiger partial charge in [-0.2, -0.15) is 8.78 Å². The lowest BCUT2D eigenvalue weighted by Gasteiger charge is -2.40. The summed E-state index contributed by atoms with van der Waals surface area (Å²) in [5.41, 5.74) is 1.42. The summed E-state index contributed by atoms with van der Waals surface area (Å²) in [5, 5.41) is 3.64. The number of benzene rings is 2. The molecule has 6 heteroatoms. The van der Waals surface area contributed by atoms with E-state index in [1.165, 1.54) is 12.1 Å². The van der Waals surface area contributed by atoms with Crippen LogP contribution in [0.4, 0.5) is 8.78 Å². The zero-order valence-corrected chi connectivity index (χ0v) is 14.9. The molecule has 0 radical (unpaired) electrons. The number of ether oxygens (including phenoxy) is 1. The van der Waals surface area contributed by atoms with E-state index in [0.717, 1.165) is 30.4 Å². The summed E-state index contributed by atoms with van der Waals surface area (Å²) in [4.78, 5) is 12.8. The summed E-state index contributed by atoms with van der Waals surface area (Å²) in [7, 11) is 0. The average molecular weight is 380 g/mol. The lowest BCUT2D eigenvalue weighted by molar-refractivity contribution is -0.129. The predicted molar refractivity (Wildman–Crippen MR) is 96.8 cm³/mol. The zero-order valence-electron chi connectivity index (χ0n) is 14.2. The van der Waals surface area contributed by atoms with Crippen molar-refractivity contribution in [3.05, 3.63) is 64.7 Å². The maximum atomic E-state index is 12.8. The van der Waals surface area contributed by atoms with E-state index in [4.69, 9.17) is 11.6 Å². The van der Waals surface area contributed by atoms with Gasteiger partial charge in [-0.3, -0.25) is 4.79 Å². The molecule has 26 heavy (non-hydrogen) atoms. The molecule has 0 atom stereocenters. The van der Waals surface area contributed by atoms with E-state index >= 15 is 0 Å².